The Morgan fingerprint density at radius 2 is 1.82 bits per heavy atom. The fraction of sp³-hybridized carbons (Fsp3) is 0.800. The molecule has 0 saturated heterocycles. The van der Waals surface area contributed by atoms with E-state index >= 15 is 0 Å². The van der Waals surface area contributed by atoms with Gasteiger partial charge in [0.1, 0.15) is 0 Å². The van der Waals surface area contributed by atoms with Crippen LogP contribution in [0.4, 0.5) is 0 Å². The molecule has 2 saturated carbocycles. The summed E-state index contributed by atoms with van der Waals surface area (Å²) in [4.78, 5) is 0. The Morgan fingerprint density at radius 1 is 1.27 bits per heavy atom. The molecule has 2 aliphatic carbocycles. The number of rotatable bonds is 1. The van der Waals surface area contributed by atoms with Gasteiger partial charge in [-0.05, 0) is 24.7 Å². The Hall–Kier alpha value is -0.300. The molecule has 2 N–H and O–H groups in total. The predicted molar refractivity (Wildman–Crippen MR) is 47.2 cm³/mol. The molecule has 0 bridgehead atoms. The van der Waals surface area contributed by atoms with Crippen molar-refractivity contribution in [1.29, 1.82) is 0 Å². The third kappa shape index (κ3) is 1.12. The first-order chi connectivity index (χ1) is 5.23. The second-order valence-corrected chi connectivity index (χ2v) is 4.30. The van der Waals surface area contributed by atoms with Crippen molar-refractivity contribution in [2.24, 2.45) is 17.6 Å². The normalized spacial score (nSPS) is 49.2. The molecule has 0 aromatic heterocycles. The van der Waals surface area contributed by atoms with Gasteiger partial charge < -0.3 is 5.73 Å². The number of hydrogen-bond donors (Lipinski definition) is 1. The van der Waals surface area contributed by atoms with E-state index in [2.05, 4.69) is 6.58 Å². The molecule has 0 heterocycles. The van der Waals surface area contributed by atoms with Crippen LogP contribution < -0.4 is 5.73 Å². The predicted octanol–water partition coefficient (Wildman–Crippen LogP) is 2.08. The van der Waals surface area contributed by atoms with E-state index in [4.69, 9.17) is 5.73 Å². The topological polar surface area (TPSA) is 26.0 Å². The van der Waals surface area contributed by atoms with Crippen molar-refractivity contribution < 1.29 is 0 Å². The molecule has 1 heteroatoms. The van der Waals surface area contributed by atoms with Gasteiger partial charge in [-0.2, -0.15) is 0 Å². The van der Waals surface area contributed by atoms with Crippen LogP contribution in [0.1, 0.15) is 32.1 Å². The average Bonchev–Trinajstić information content (AvgIpc) is 2.46. The van der Waals surface area contributed by atoms with Crippen molar-refractivity contribution in [1.82, 2.24) is 0 Å². The van der Waals surface area contributed by atoms with Gasteiger partial charge in [0.05, 0.1) is 0 Å². The number of hydrogen-bond acceptors (Lipinski definition) is 1. The quantitative estimate of drug-likeness (QED) is 0.570. The molecule has 2 atom stereocenters. The van der Waals surface area contributed by atoms with Gasteiger partial charge in [0.25, 0.3) is 0 Å². The van der Waals surface area contributed by atoms with Crippen molar-refractivity contribution in [3.05, 3.63) is 12.7 Å². The summed E-state index contributed by atoms with van der Waals surface area (Å²) in [7, 11) is 0. The maximum absolute atomic E-state index is 6.13. The minimum absolute atomic E-state index is 0.00421. The van der Waals surface area contributed by atoms with Gasteiger partial charge in [-0.15, -0.1) is 6.58 Å². The molecular weight excluding hydrogens is 134 g/mol. The lowest BCUT2D eigenvalue weighted by Crippen LogP contribution is -2.34. The second kappa shape index (κ2) is 2.34. The van der Waals surface area contributed by atoms with Gasteiger partial charge in [0.15, 0.2) is 0 Å². The first-order valence-corrected chi connectivity index (χ1v) is 4.66. The van der Waals surface area contributed by atoms with Gasteiger partial charge in [0.2, 0.25) is 0 Å². The molecule has 2 aliphatic rings. The highest BCUT2D eigenvalue weighted by molar-refractivity contribution is 5.09. The van der Waals surface area contributed by atoms with Crippen molar-refractivity contribution in [3.8, 4) is 0 Å². The lowest BCUT2D eigenvalue weighted by Gasteiger charge is -2.19. The number of fused-ring (bicyclic) bond motifs is 1. The van der Waals surface area contributed by atoms with Crippen LogP contribution in [0.15, 0.2) is 12.7 Å². The van der Waals surface area contributed by atoms with E-state index in [-0.39, 0.29) is 5.54 Å². The van der Waals surface area contributed by atoms with E-state index in [1.807, 2.05) is 6.08 Å². The smallest absolute Gasteiger partial charge is 0.0342 e. The van der Waals surface area contributed by atoms with Gasteiger partial charge in [-0.1, -0.05) is 25.3 Å². The van der Waals surface area contributed by atoms with Crippen molar-refractivity contribution >= 4 is 0 Å². The SMILES string of the molecule is C=CC1(N)CC2CCCC2C1. The lowest BCUT2D eigenvalue weighted by atomic mass is 9.96. The summed E-state index contributed by atoms with van der Waals surface area (Å²) in [5.74, 6) is 1.86. The van der Waals surface area contributed by atoms with Crippen molar-refractivity contribution in [3.63, 3.8) is 0 Å². The monoisotopic (exact) mass is 151 g/mol. The van der Waals surface area contributed by atoms with Crippen LogP contribution in [0, 0.1) is 11.8 Å². The van der Waals surface area contributed by atoms with Crippen molar-refractivity contribution in [2.75, 3.05) is 0 Å². The summed E-state index contributed by atoms with van der Waals surface area (Å²) in [5, 5.41) is 0. The Kier molecular flexibility index (Phi) is 1.57. The molecule has 0 radical (unpaired) electrons. The van der Waals surface area contributed by atoms with Gasteiger partial charge in [0, 0.05) is 5.54 Å². The Balaban J connectivity index is 2.09. The first-order valence-electron chi connectivity index (χ1n) is 4.66. The standard InChI is InChI=1S/C10H17N/c1-2-10(11)6-8-4-3-5-9(8)7-10/h2,8-9H,1,3-7,11H2. The molecule has 2 rings (SSSR count). The highest BCUT2D eigenvalue weighted by Gasteiger charge is 2.42. The zero-order chi connectivity index (χ0) is 7.90. The third-order valence-electron chi connectivity index (χ3n) is 3.51. The van der Waals surface area contributed by atoms with Crippen LogP contribution in [0.3, 0.4) is 0 Å². The van der Waals surface area contributed by atoms with Crippen LogP contribution >= 0.6 is 0 Å². The molecule has 2 fully saturated rings. The van der Waals surface area contributed by atoms with E-state index in [0.717, 1.165) is 11.8 Å². The lowest BCUT2D eigenvalue weighted by molar-refractivity contribution is 0.457. The Bertz CT molecular complexity index is 162. The van der Waals surface area contributed by atoms with Gasteiger partial charge >= 0.3 is 0 Å². The molecule has 2 unspecified atom stereocenters. The molecule has 1 nitrogen and oxygen atoms in total. The zero-order valence-corrected chi connectivity index (χ0v) is 7.05. The molecule has 0 spiro atoms. The van der Waals surface area contributed by atoms with E-state index in [9.17, 15) is 0 Å². The molecule has 0 aliphatic heterocycles. The summed E-state index contributed by atoms with van der Waals surface area (Å²) >= 11 is 0. The van der Waals surface area contributed by atoms with E-state index in [0.29, 0.717) is 0 Å². The summed E-state index contributed by atoms with van der Waals surface area (Å²) in [6.45, 7) is 3.82. The molecule has 62 valence electrons. The summed E-state index contributed by atoms with van der Waals surface area (Å²) in [5.41, 5.74) is 6.13. The molecule has 0 amide bonds. The van der Waals surface area contributed by atoms with Crippen LogP contribution in [-0.2, 0) is 0 Å². The molecule has 0 aromatic carbocycles. The minimum Gasteiger partial charge on any atom is -0.322 e. The third-order valence-corrected chi connectivity index (χ3v) is 3.51. The summed E-state index contributed by atoms with van der Waals surface area (Å²) < 4.78 is 0. The van der Waals surface area contributed by atoms with Gasteiger partial charge in [-0.25, -0.2) is 0 Å². The van der Waals surface area contributed by atoms with Crippen LogP contribution in [-0.4, -0.2) is 5.54 Å². The van der Waals surface area contributed by atoms with Crippen molar-refractivity contribution in [2.45, 2.75) is 37.6 Å². The van der Waals surface area contributed by atoms with E-state index in [1.54, 1.807) is 0 Å². The fourth-order valence-electron chi connectivity index (χ4n) is 2.88. The highest BCUT2D eigenvalue weighted by atomic mass is 14.8. The maximum atomic E-state index is 6.13. The molecule has 11 heavy (non-hydrogen) atoms. The largest absolute Gasteiger partial charge is 0.322 e. The van der Waals surface area contributed by atoms with Crippen LogP contribution in [0.25, 0.3) is 0 Å². The molecular formula is C10H17N. The Morgan fingerprint density at radius 3 is 2.27 bits per heavy atom. The van der Waals surface area contributed by atoms with Crippen LogP contribution in [0.2, 0.25) is 0 Å². The second-order valence-electron chi connectivity index (χ2n) is 4.30. The highest BCUT2D eigenvalue weighted by Crippen LogP contribution is 2.47. The fourth-order valence-corrected chi connectivity index (χ4v) is 2.88. The first kappa shape index (κ1) is 7.35. The van der Waals surface area contributed by atoms with Crippen LogP contribution in [0.5, 0.6) is 0 Å². The summed E-state index contributed by atoms with van der Waals surface area (Å²) in [6, 6.07) is 0. The van der Waals surface area contributed by atoms with Gasteiger partial charge in [-0.3, -0.25) is 0 Å². The summed E-state index contributed by atoms with van der Waals surface area (Å²) in [6.07, 6.45) is 8.62. The average molecular weight is 151 g/mol. The minimum atomic E-state index is -0.00421. The van der Waals surface area contributed by atoms with E-state index < -0.39 is 0 Å². The van der Waals surface area contributed by atoms with E-state index in [1.165, 1.54) is 32.1 Å². The molecule has 0 aromatic rings. The maximum Gasteiger partial charge on any atom is 0.0342 e. The number of nitrogens with two attached hydrogens (primary N) is 1. The zero-order valence-electron chi connectivity index (χ0n) is 7.05. The Labute approximate surface area is 68.7 Å².